The number of fused-ring (bicyclic) bond motifs is 1. The van der Waals surface area contributed by atoms with Crippen LogP contribution in [0.5, 0.6) is 0 Å². The van der Waals surface area contributed by atoms with Gasteiger partial charge in [-0.15, -0.1) is 0 Å². The number of rotatable bonds is 3. The van der Waals surface area contributed by atoms with Crippen molar-refractivity contribution in [3.63, 3.8) is 0 Å². The summed E-state index contributed by atoms with van der Waals surface area (Å²) in [4.78, 5) is 8.71. The van der Waals surface area contributed by atoms with Crippen molar-refractivity contribution in [2.24, 2.45) is 0 Å². The normalized spacial score (nSPS) is 11.4. The molecular weight excluding hydrogens is 282 g/mol. The van der Waals surface area contributed by atoms with Gasteiger partial charge in [-0.2, -0.15) is 10.1 Å². The number of oxazole rings is 1. The van der Waals surface area contributed by atoms with Crippen LogP contribution in [-0.4, -0.2) is 24.9 Å². The highest BCUT2D eigenvalue weighted by molar-refractivity contribution is 5.78. The van der Waals surface area contributed by atoms with Gasteiger partial charge in [-0.3, -0.25) is 4.68 Å². The minimum absolute atomic E-state index is 0.402. The van der Waals surface area contributed by atoms with E-state index in [1.807, 2.05) is 49.0 Å². The van der Waals surface area contributed by atoms with Gasteiger partial charge in [-0.25, -0.2) is 4.98 Å². The molecule has 0 aliphatic rings. The zero-order valence-corrected chi connectivity index (χ0v) is 12.1. The Kier molecular flexibility index (Phi) is 2.78. The number of benzene rings is 1. The van der Waals surface area contributed by atoms with E-state index in [2.05, 4.69) is 20.2 Å². The molecule has 0 saturated carbocycles. The molecule has 0 aliphatic heterocycles. The van der Waals surface area contributed by atoms with Crippen LogP contribution in [-0.2, 0) is 6.54 Å². The molecule has 0 amide bonds. The molecule has 1 aromatic carbocycles. The van der Waals surface area contributed by atoms with Gasteiger partial charge in [-0.05, 0) is 31.2 Å². The molecule has 22 heavy (non-hydrogen) atoms. The topological polar surface area (TPSA) is 82.8 Å². The van der Waals surface area contributed by atoms with Crippen molar-refractivity contribution < 1.29 is 8.94 Å². The molecule has 0 radical (unpaired) electrons. The Hall–Kier alpha value is -2.96. The van der Waals surface area contributed by atoms with Crippen LogP contribution in [0, 0.1) is 6.92 Å². The van der Waals surface area contributed by atoms with Crippen molar-refractivity contribution in [2.75, 3.05) is 0 Å². The summed E-state index contributed by atoms with van der Waals surface area (Å²) in [5.74, 6) is 1.54. The molecule has 0 spiro atoms. The predicted octanol–water partition coefficient (Wildman–Crippen LogP) is 3.07. The Morgan fingerprint density at radius 2 is 2.09 bits per heavy atom. The minimum Gasteiger partial charge on any atom is -0.441 e. The van der Waals surface area contributed by atoms with Gasteiger partial charge in [0.25, 0.3) is 5.89 Å². The molecule has 7 heteroatoms. The standard InChI is InChI=1S/C15H13N5O2/c1-3-20-7-6-11(18-20)15-17-14(19-22-15)10-4-5-13-12(8-10)16-9(2)21-13/h4-8H,3H2,1-2H3. The van der Waals surface area contributed by atoms with E-state index in [9.17, 15) is 0 Å². The lowest BCUT2D eigenvalue weighted by Gasteiger charge is -1.92. The summed E-state index contributed by atoms with van der Waals surface area (Å²) in [7, 11) is 0. The van der Waals surface area contributed by atoms with Gasteiger partial charge in [0, 0.05) is 25.2 Å². The van der Waals surface area contributed by atoms with Crippen molar-refractivity contribution in [1.29, 1.82) is 0 Å². The first-order valence-electron chi connectivity index (χ1n) is 6.98. The van der Waals surface area contributed by atoms with Crippen LogP contribution in [0.1, 0.15) is 12.8 Å². The van der Waals surface area contributed by atoms with Crippen LogP contribution in [0.2, 0.25) is 0 Å². The van der Waals surface area contributed by atoms with Crippen LogP contribution in [0.25, 0.3) is 34.1 Å². The number of hydrogen-bond donors (Lipinski definition) is 0. The Morgan fingerprint density at radius 1 is 1.18 bits per heavy atom. The molecule has 3 heterocycles. The SMILES string of the molecule is CCn1ccc(-c2nc(-c3ccc4oc(C)nc4c3)no2)n1. The molecule has 4 aromatic rings. The van der Waals surface area contributed by atoms with E-state index in [0.29, 0.717) is 23.3 Å². The second-order valence-electron chi connectivity index (χ2n) is 4.90. The summed E-state index contributed by atoms with van der Waals surface area (Å²) in [5, 5.41) is 8.37. The van der Waals surface area contributed by atoms with Gasteiger partial charge >= 0.3 is 0 Å². The third-order valence-electron chi connectivity index (χ3n) is 3.36. The van der Waals surface area contributed by atoms with Crippen LogP contribution in [0.15, 0.2) is 39.4 Å². The fourth-order valence-corrected chi connectivity index (χ4v) is 2.28. The lowest BCUT2D eigenvalue weighted by molar-refractivity contribution is 0.430. The van der Waals surface area contributed by atoms with E-state index < -0.39 is 0 Å². The lowest BCUT2D eigenvalue weighted by Crippen LogP contribution is -1.93. The van der Waals surface area contributed by atoms with Crippen LogP contribution >= 0.6 is 0 Å². The zero-order chi connectivity index (χ0) is 15.1. The first-order chi connectivity index (χ1) is 10.7. The van der Waals surface area contributed by atoms with Crippen LogP contribution < -0.4 is 0 Å². The van der Waals surface area contributed by atoms with E-state index in [-0.39, 0.29) is 0 Å². The van der Waals surface area contributed by atoms with E-state index >= 15 is 0 Å². The van der Waals surface area contributed by atoms with Crippen molar-refractivity contribution in [3.05, 3.63) is 36.4 Å². The molecule has 0 atom stereocenters. The minimum atomic E-state index is 0.402. The fourth-order valence-electron chi connectivity index (χ4n) is 2.28. The molecule has 4 rings (SSSR count). The summed E-state index contributed by atoms with van der Waals surface area (Å²) in [6.45, 7) is 4.63. The van der Waals surface area contributed by atoms with E-state index in [0.717, 1.165) is 23.2 Å². The average Bonchev–Trinajstić information content (AvgIpc) is 3.24. The summed E-state index contributed by atoms with van der Waals surface area (Å²) in [6.07, 6.45) is 1.88. The van der Waals surface area contributed by atoms with Crippen LogP contribution in [0.3, 0.4) is 0 Å². The van der Waals surface area contributed by atoms with Crippen molar-refractivity contribution in [1.82, 2.24) is 24.9 Å². The Bertz CT molecular complexity index is 950. The van der Waals surface area contributed by atoms with Gasteiger partial charge in [-0.1, -0.05) is 5.16 Å². The van der Waals surface area contributed by atoms with E-state index in [1.54, 1.807) is 0 Å². The van der Waals surface area contributed by atoms with Gasteiger partial charge in [0.15, 0.2) is 17.2 Å². The molecular formula is C15H13N5O2. The molecule has 7 nitrogen and oxygen atoms in total. The maximum absolute atomic E-state index is 5.46. The summed E-state index contributed by atoms with van der Waals surface area (Å²) in [5.41, 5.74) is 3.01. The zero-order valence-electron chi connectivity index (χ0n) is 12.1. The second kappa shape index (κ2) is 4.80. The monoisotopic (exact) mass is 295 g/mol. The molecule has 0 aliphatic carbocycles. The molecule has 0 saturated heterocycles. The summed E-state index contributed by atoms with van der Waals surface area (Å²) >= 11 is 0. The Labute approximate surface area is 125 Å². The third kappa shape index (κ3) is 2.07. The van der Waals surface area contributed by atoms with E-state index in [1.165, 1.54) is 0 Å². The number of nitrogens with zero attached hydrogens (tertiary/aromatic N) is 5. The summed E-state index contributed by atoms with van der Waals surface area (Å²) in [6, 6.07) is 7.47. The highest BCUT2D eigenvalue weighted by Crippen LogP contribution is 2.24. The number of aromatic nitrogens is 5. The molecule has 0 bridgehead atoms. The second-order valence-corrected chi connectivity index (χ2v) is 4.90. The largest absolute Gasteiger partial charge is 0.441 e. The average molecular weight is 295 g/mol. The highest BCUT2D eigenvalue weighted by Gasteiger charge is 2.14. The molecule has 0 fully saturated rings. The van der Waals surface area contributed by atoms with Gasteiger partial charge in [0.05, 0.1) is 0 Å². The van der Waals surface area contributed by atoms with Crippen LogP contribution in [0.4, 0.5) is 0 Å². The highest BCUT2D eigenvalue weighted by atomic mass is 16.5. The number of hydrogen-bond acceptors (Lipinski definition) is 6. The smallest absolute Gasteiger partial charge is 0.278 e. The predicted molar refractivity (Wildman–Crippen MR) is 78.9 cm³/mol. The fraction of sp³-hybridized carbons (Fsp3) is 0.200. The third-order valence-corrected chi connectivity index (χ3v) is 3.36. The van der Waals surface area contributed by atoms with E-state index in [4.69, 9.17) is 8.94 Å². The number of aryl methyl sites for hydroxylation is 2. The maximum atomic E-state index is 5.46. The van der Waals surface area contributed by atoms with Gasteiger partial charge in [0.2, 0.25) is 5.82 Å². The molecule has 0 unspecified atom stereocenters. The van der Waals surface area contributed by atoms with Gasteiger partial charge < -0.3 is 8.94 Å². The molecule has 0 N–H and O–H groups in total. The lowest BCUT2D eigenvalue weighted by atomic mass is 10.2. The quantitative estimate of drug-likeness (QED) is 0.577. The summed E-state index contributed by atoms with van der Waals surface area (Å²) < 4.78 is 12.6. The van der Waals surface area contributed by atoms with Crippen molar-refractivity contribution in [2.45, 2.75) is 20.4 Å². The maximum Gasteiger partial charge on any atom is 0.278 e. The molecule has 110 valence electrons. The molecule has 3 aromatic heterocycles. The Balaban J connectivity index is 1.72. The van der Waals surface area contributed by atoms with Gasteiger partial charge in [0.1, 0.15) is 5.52 Å². The first kappa shape index (κ1) is 12.8. The van der Waals surface area contributed by atoms with Crippen molar-refractivity contribution in [3.8, 4) is 23.0 Å². The first-order valence-corrected chi connectivity index (χ1v) is 6.98. The Morgan fingerprint density at radius 3 is 2.91 bits per heavy atom. The van der Waals surface area contributed by atoms with Crippen molar-refractivity contribution >= 4 is 11.1 Å².